The lowest BCUT2D eigenvalue weighted by Gasteiger charge is -2.06. The molecule has 0 unspecified atom stereocenters. The summed E-state index contributed by atoms with van der Waals surface area (Å²) >= 11 is 0. The predicted molar refractivity (Wildman–Crippen MR) is 80.1 cm³/mol. The fourth-order valence-corrected chi connectivity index (χ4v) is 2.11. The van der Waals surface area contributed by atoms with Crippen LogP contribution in [0.5, 0.6) is 0 Å². The molecule has 2 rings (SSSR count). The van der Waals surface area contributed by atoms with Crippen LogP contribution in [0.2, 0.25) is 0 Å². The highest BCUT2D eigenvalue weighted by Crippen LogP contribution is 2.22. The molecule has 2 aromatic rings. The second-order valence-corrected chi connectivity index (χ2v) is 4.79. The van der Waals surface area contributed by atoms with Crippen LogP contribution in [0.25, 0.3) is 0 Å². The maximum atomic E-state index is 12.0. The number of nitrogens with one attached hydrogen (secondary N) is 1. The van der Waals surface area contributed by atoms with Gasteiger partial charge in [0.15, 0.2) is 0 Å². The van der Waals surface area contributed by atoms with Crippen LogP contribution in [0, 0.1) is 34.1 Å². The van der Waals surface area contributed by atoms with Crippen molar-refractivity contribution in [2.24, 2.45) is 0 Å². The Morgan fingerprint density at radius 3 is 2.26 bits per heavy atom. The normalized spacial score (nSPS) is 10.3. The number of aromatic nitrogens is 2. The number of hydrogen-bond donors (Lipinski definition) is 1. The molecule has 0 saturated carbocycles. The summed E-state index contributed by atoms with van der Waals surface area (Å²) in [5.74, 6) is -0.445. The first-order chi connectivity index (χ1) is 10.8. The first kappa shape index (κ1) is 16.1. The second-order valence-electron chi connectivity index (χ2n) is 4.79. The number of nitrogens with zero attached hydrogens (tertiary/aromatic N) is 4. The van der Waals surface area contributed by atoms with Gasteiger partial charge in [-0.25, -0.2) is 0 Å². The molecule has 1 aromatic heterocycles. The van der Waals surface area contributed by atoms with E-state index in [1.807, 2.05) is 0 Å². The largest absolute Gasteiger partial charge is 0.324 e. The maximum absolute atomic E-state index is 12.0. The highest BCUT2D eigenvalue weighted by Gasteiger charge is 2.22. The molecule has 0 spiro atoms. The van der Waals surface area contributed by atoms with Crippen LogP contribution in [0.3, 0.4) is 0 Å². The standard InChI is InChI=1S/C13H13N5O5/c1-8-13(18(22)23)9(2)16(15-8)7-12(19)14-10-3-5-11(6-4-10)17(20)21/h3-6H,7H2,1-2H3,(H,14,19). The summed E-state index contributed by atoms with van der Waals surface area (Å²) in [7, 11) is 0. The van der Waals surface area contributed by atoms with Gasteiger partial charge in [0.2, 0.25) is 5.91 Å². The zero-order valence-electron chi connectivity index (χ0n) is 12.3. The molecule has 0 atom stereocenters. The molecule has 10 nitrogen and oxygen atoms in total. The Balaban J connectivity index is 2.09. The zero-order chi connectivity index (χ0) is 17.1. The molecular formula is C13H13N5O5. The molecule has 120 valence electrons. The molecule has 0 aliphatic heterocycles. The monoisotopic (exact) mass is 319 g/mol. The van der Waals surface area contributed by atoms with Crippen LogP contribution in [0.15, 0.2) is 24.3 Å². The smallest absolute Gasteiger partial charge is 0.312 e. The molecular weight excluding hydrogens is 306 g/mol. The van der Waals surface area contributed by atoms with E-state index in [0.29, 0.717) is 5.69 Å². The van der Waals surface area contributed by atoms with Gasteiger partial charge in [-0.1, -0.05) is 0 Å². The molecule has 23 heavy (non-hydrogen) atoms. The summed E-state index contributed by atoms with van der Waals surface area (Å²) in [6.45, 7) is 2.81. The zero-order valence-corrected chi connectivity index (χ0v) is 12.3. The quantitative estimate of drug-likeness (QED) is 0.661. The van der Waals surface area contributed by atoms with Gasteiger partial charge in [-0.3, -0.25) is 29.7 Å². The summed E-state index contributed by atoms with van der Waals surface area (Å²) in [4.78, 5) is 32.4. The number of aryl methyl sites for hydroxylation is 1. The van der Waals surface area contributed by atoms with E-state index in [2.05, 4.69) is 10.4 Å². The number of carbonyl (C=O) groups is 1. The van der Waals surface area contributed by atoms with Gasteiger partial charge in [-0.15, -0.1) is 0 Å². The minimum Gasteiger partial charge on any atom is -0.324 e. The molecule has 1 N–H and O–H groups in total. The molecule has 1 aromatic carbocycles. The van der Waals surface area contributed by atoms with Crippen molar-refractivity contribution in [3.63, 3.8) is 0 Å². The van der Waals surface area contributed by atoms with Crippen LogP contribution in [-0.4, -0.2) is 25.5 Å². The number of benzene rings is 1. The summed E-state index contributed by atoms with van der Waals surface area (Å²) in [5.41, 5.74) is 0.698. The van der Waals surface area contributed by atoms with E-state index in [4.69, 9.17) is 0 Å². The molecule has 10 heteroatoms. The van der Waals surface area contributed by atoms with Crippen molar-refractivity contribution in [2.45, 2.75) is 20.4 Å². The van der Waals surface area contributed by atoms with Crippen molar-refractivity contribution in [3.05, 3.63) is 55.9 Å². The maximum Gasteiger partial charge on any atom is 0.312 e. The molecule has 0 aliphatic rings. The third kappa shape index (κ3) is 3.48. The molecule has 0 aliphatic carbocycles. The minimum absolute atomic E-state index is 0.0860. The van der Waals surface area contributed by atoms with E-state index < -0.39 is 15.8 Å². The van der Waals surface area contributed by atoms with Gasteiger partial charge in [-0.05, 0) is 26.0 Å². The fraction of sp³-hybridized carbons (Fsp3) is 0.231. The van der Waals surface area contributed by atoms with Crippen molar-refractivity contribution in [1.82, 2.24) is 9.78 Å². The second kappa shape index (κ2) is 6.22. The van der Waals surface area contributed by atoms with Gasteiger partial charge in [-0.2, -0.15) is 5.10 Å². The summed E-state index contributed by atoms with van der Waals surface area (Å²) < 4.78 is 1.24. The molecule has 1 amide bonds. The lowest BCUT2D eigenvalue weighted by molar-refractivity contribution is -0.386. The topological polar surface area (TPSA) is 133 Å². The van der Waals surface area contributed by atoms with Crippen molar-refractivity contribution in [3.8, 4) is 0 Å². The number of carbonyl (C=O) groups excluding carboxylic acids is 1. The number of nitro groups is 2. The predicted octanol–water partition coefficient (Wildman–Crippen LogP) is 1.96. The Hall–Kier alpha value is -3.30. The van der Waals surface area contributed by atoms with Gasteiger partial charge < -0.3 is 5.32 Å². The molecule has 0 fully saturated rings. The first-order valence-electron chi connectivity index (χ1n) is 6.52. The lowest BCUT2D eigenvalue weighted by Crippen LogP contribution is -2.20. The summed E-state index contributed by atoms with van der Waals surface area (Å²) in [6, 6.07) is 5.34. The Kier molecular flexibility index (Phi) is 4.35. The van der Waals surface area contributed by atoms with Crippen molar-refractivity contribution in [1.29, 1.82) is 0 Å². The van der Waals surface area contributed by atoms with Crippen LogP contribution >= 0.6 is 0 Å². The van der Waals surface area contributed by atoms with Crippen LogP contribution in [0.4, 0.5) is 17.1 Å². The Bertz CT molecular complexity index is 781. The van der Waals surface area contributed by atoms with E-state index in [0.717, 1.165) is 0 Å². The van der Waals surface area contributed by atoms with Crippen molar-refractivity contribution >= 4 is 23.0 Å². The number of rotatable bonds is 5. The van der Waals surface area contributed by atoms with E-state index in [1.165, 1.54) is 42.8 Å². The highest BCUT2D eigenvalue weighted by atomic mass is 16.6. The van der Waals surface area contributed by atoms with E-state index in [9.17, 15) is 25.0 Å². The SMILES string of the molecule is Cc1nn(CC(=O)Nc2ccc([N+](=O)[O-])cc2)c(C)c1[N+](=O)[O-]. The van der Waals surface area contributed by atoms with Crippen molar-refractivity contribution < 1.29 is 14.6 Å². The number of amides is 1. The van der Waals surface area contributed by atoms with E-state index in [1.54, 1.807) is 0 Å². The average Bonchev–Trinajstić information content (AvgIpc) is 2.73. The van der Waals surface area contributed by atoms with Gasteiger partial charge in [0, 0.05) is 17.8 Å². The van der Waals surface area contributed by atoms with Gasteiger partial charge in [0.25, 0.3) is 5.69 Å². The molecule has 0 saturated heterocycles. The number of anilines is 1. The van der Waals surface area contributed by atoms with E-state index >= 15 is 0 Å². The number of non-ortho nitro benzene ring substituents is 1. The molecule has 0 bridgehead atoms. The first-order valence-corrected chi connectivity index (χ1v) is 6.52. The molecule has 0 radical (unpaired) electrons. The third-order valence-corrected chi connectivity index (χ3v) is 3.18. The summed E-state index contributed by atoms with van der Waals surface area (Å²) in [6.07, 6.45) is 0. The van der Waals surface area contributed by atoms with E-state index in [-0.39, 0.29) is 29.3 Å². The third-order valence-electron chi connectivity index (χ3n) is 3.18. The summed E-state index contributed by atoms with van der Waals surface area (Å²) in [5, 5.41) is 28.0. The van der Waals surface area contributed by atoms with Gasteiger partial charge in [0.1, 0.15) is 17.9 Å². The molecule has 1 heterocycles. The van der Waals surface area contributed by atoms with Crippen LogP contribution < -0.4 is 5.32 Å². The van der Waals surface area contributed by atoms with Crippen LogP contribution in [0.1, 0.15) is 11.4 Å². The number of hydrogen-bond acceptors (Lipinski definition) is 6. The van der Waals surface area contributed by atoms with Crippen molar-refractivity contribution in [2.75, 3.05) is 5.32 Å². The minimum atomic E-state index is -0.541. The Labute approximate surface area is 130 Å². The average molecular weight is 319 g/mol. The number of nitro benzene ring substituents is 1. The van der Waals surface area contributed by atoms with Crippen LogP contribution in [-0.2, 0) is 11.3 Å². The fourth-order valence-electron chi connectivity index (χ4n) is 2.11. The highest BCUT2D eigenvalue weighted by molar-refractivity contribution is 5.90. The lowest BCUT2D eigenvalue weighted by atomic mass is 10.3. The Morgan fingerprint density at radius 2 is 1.78 bits per heavy atom. The Morgan fingerprint density at radius 1 is 1.17 bits per heavy atom. The van der Waals surface area contributed by atoms with Gasteiger partial charge >= 0.3 is 5.69 Å². The van der Waals surface area contributed by atoms with Gasteiger partial charge in [0.05, 0.1) is 9.85 Å².